The molecule has 7 nitrogen and oxygen atoms in total. The van der Waals surface area contributed by atoms with Crippen LogP contribution in [-0.4, -0.2) is 51.1 Å². The highest BCUT2D eigenvalue weighted by molar-refractivity contribution is 5.97. The Bertz CT molecular complexity index is 862. The minimum absolute atomic E-state index is 0.108. The van der Waals surface area contributed by atoms with Crippen LogP contribution in [0.15, 0.2) is 42.5 Å². The van der Waals surface area contributed by atoms with Gasteiger partial charge in [-0.2, -0.15) is 15.4 Å². The highest BCUT2D eigenvalue weighted by Gasteiger charge is 2.17. The molecule has 0 aliphatic heterocycles. The molecule has 2 aromatic carbocycles. The Labute approximate surface area is 145 Å². The van der Waals surface area contributed by atoms with Gasteiger partial charge in [-0.05, 0) is 42.8 Å². The molecule has 0 saturated carbocycles. The van der Waals surface area contributed by atoms with E-state index in [0.717, 1.165) is 11.3 Å². The molecule has 0 spiro atoms. The van der Waals surface area contributed by atoms with E-state index in [9.17, 15) is 9.90 Å². The molecule has 1 amide bonds. The number of nitrogens with zero attached hydrogens (tertiary/aromatic N) is 3. The summed E-state index contributed by atoms with van der Waals surface area (Å²) in [5, 5.41) is 19.9. The minimum Gasteiger partial charge on any atom is -0.494 e. The lowest BCUT2D eigenvalue weighted by Crippen LogP contribution is -2.33. The third-order valence-corrected chi connectivity index (χ3v) is 3.80. The molecule has 7 heteroatoms. The summed E-state index contributed by atoms with van der Waals surface area (Å²) in [6.07, 6.45) is 0. The van der Waals surface area contributed by atoms with Gasteiger partial charge < -0.3 is 14.7 Å². The van der Waals surface area contributed by atoms with Crippen molar-refractivity contribution in [3.63, 3.8) is 0 Å². The van der Waals surface area contributed by atoms with Gasteiger partial charge in [0.1, 0.15) is 16.8 Å². The SMILES string of the molecule is CCOc1cccc(CN(CCO)C(=O)c2ccc3n[nH]nc3c2)c1. The van der Waals surface area contributed by atoms with Gasteiger partial charge in [-0.1, -0.05) is 12.1 Å². The molecule has 25 heavy (non-hydrogen) atoms. The average molecular weight is 340 g/mol. The largest absolute Gasteiger partial charge is 0.494 e. The first kappa shape index (κ1) is 16.9. The number of aromatic nitrogens is 3. The lowest BCUT2D eigenvalue weighted by molar-refractivity contribution is 0.0708. The van der Waals surface area contributed by atoms with E-state index in [2.05, 4.69) is 15.4 Å². The van der Waals surface area contributed by atoms with Gasteiger partial charge in [0.05, 0.1) is 13.2 Å². The quantitative estimate of drug-likeness (QED) is 0.686. The molecule has 0 radical (unpaired) electrons. The zero-order valence-corrected chi connectivity index (χ0v) is 14.0. The molecule has 0 aliphatic carbocycles. The van der Waals surface area contributed by atoms with Crippen molar-refractivity contribution in [3.8, 4) is 5.75 Å². The highest BCUT2D eigenvalue weighted by atomic mass is 16.5. The van der Waals surface area contributed by atoms with Crippen LogP contribution in [0.2, 0.25) is 0 Å². The van der Waals surface area contributed by atoms with E-state index >= 15 is 0 Å². The first-order chi connectivity index (χ1) is 12.2. The van der Waals surface area contributed by atoms with Gasteiger partial charge in [0.15, 0.2) is 0 Å². The molecule has 130 valence electrons. The van der Waals surface area contributed by atoms with Crippen molar-refractivity contribution in [1.82, 2.24) is 20.3 Å². The number of H-pyrrole nitrogens is 1. The van der Waals surface area contributed by atoms with Crippen molar-refractivity contribution in [1.29, 1.82) is 0 Å². The summed E-state index contributed by atoms with van der Waals surface area (Å²) < 4.78 is 5.50. The van der Waals surface area contributed by atoms with Crippen LogP contribution < -0.4 is 4.74 Å². The number of aromatic amines is 1. The molecule has 3 rings (SSSR count). The number of benzene rings is 2. The maximum absolute atomic E-state index is 12.8. The summed E-state index contributed by atoms with van der Waals surface area (Å²) >= 11 is 0. The van der Waals surface area contributed by atoms with E-state index in [1.165, 1.54) is 0 Å². The van der Waals surface area contributed by atoms with Crippen LogP contribution in [0.3, 0.4) is 0 Å². The molecule has 0 aliphatic rings. The van der Waals surface area contributed by atoms with Crippen LogP contribution >= 0.6 is 0 Å². The monoisotopic (exact) mass is 340 g/mol. The number of ether oxygens (including phenoxy) is 1. The van der Waals surface area contributed by atoms with Gasteiger partial charge in [-0.3, -0.25) is 4.79 Å². The highest BCUT2D eigenvalue weighted by Crippen LogP contribution is 2.17. The number of fused-ring (bicyclic) bond motifs is 1. The summed E-state index contributed by atoms with van der Waals surface area (Å²) in [6, 6.07) is 12.8. The second kappa shape index (κ2) is 7.76. The van der Waals surface area contributed by atoms with Gasteiger partial charge in [-0.15, -0.1) is 0 Å². The summed E-state index contributed by atoms with van der Waals surface area (Å²) in [6.45, 7) is 3.03. The number of nitrogens with one attached hydrogen (secondary N) is 1. The fraction of sp³-hybridized carbons (Fsp3) is 0.278. The molecule has 1 heterocycles. The fourth-order valence-corrected chi connectivity index (χ4v) is 2.65. The van der Waals surface area contributed by atoms with Crippen molar-refractivity contribution in [3.05, 3.63) is 53.6 Å². The first-order valence-electron chi connectivity index (χ1n) is 8.13. The molecule has 0 bridgehead atoms. The van der Waals surface area contributed by atoms with Gasteiger partial charge in [0.2, 0.25) is 0 Å². The molecule has 3 aromatic rings. The van der Waals surface area contributed by atoms with Gasteiger partial charge in [0, 0.05) is 18.7 Å². The Hall–Kier alpha value is -2.93. The standard InChI is InChI=1S/C18H20N4O3/c1-2-25-15-5-3-4-13(10-15)12-22(8-9-23)18(24)14-6-7-16-17(11-14)20-21-19-16/h3-7,10-11,23H,2,8-9,12H2,1H3,(H,19,20,21). The van der Waals surface area contributed by atoms with Crippen LogP contribution in [0, 0.1) is 0 Å². The number of hydrogen-bond acceptors (Lipinski definition) is 5. The molecular weight excluding hydrogens is 320 g/mol. The summed E-state index contributed by atoms with van der Waals surface area (Å²) in [7, 11) is 0. The zero-order chi connectivity index (χ0) is 17.6. The summed E-state index contributed by atoms with van der Waals surface area (Å²) in [5.74, 6) is 0.598. The molecule has 0 saturated heterocycles. The first-order valence-corrected chi connectivity index (χ1v) is 8.13. The van der Waals surface area contributed by atoms with Gasteiger partial charge in [0.25, 0.3) is 5.91 Å². The predicted molar refractivity (Wildman–Crippen MR) is 93.3 cm³/mol. The maximum Gasteiger partial charge on any atom is 0.254 e. The van der Waals surface area contributed by atoms with Crippen molar-refractivity contribution < 1.29 is 14.6 Å². The third kappa shape index (κ3) is 3.95. The number of hydrogen-bond donors (Lipinski definition) is 2. The Kier molecular flexibility index (Phi) is 5.25. The number of carbonyl (C=O) groups excluding carboxylic acids is 1. The topological polar surface area (TPSA) is 91.3 Å². The number of aliphatic hydroxyl groups is 1. The molecule has 1 aromatic heterocycles. The molecule has 0 fully saturated rings. The molecular formula is C18H20N4O3. The molecule has 0 atom stereocenters. The third-order valence-electron chi connectivity index (χ3n) is 3.80. The smallest absolute Gasteiger partial charge is 0.254 e. The second-order valence-corrected chi connectivity index (χ2v) is 5.56. The second-order valence-electron chi connectivity index (χ2n) is 5.56. The lowest BCUT2D eigenvalue weighted by Gasteiger charge is -2.22. The van der Waals surface area contributed by atoms with Crippen LogP contribution in [0.25, 0.3) is 11.0 Å². The van der Waals surface area contributed by atoms with Crippen molar-refractivity contribution in [2.24, 2.45) is 0 Å². The van der Waals surface area contributed by atoms with E-state index in [-0.39, 0.29) is 19.1 Å². The van der Waals surface area contributed by atoms with E-state index in [4.69, 9.17) is 4.74 Å². The zero-order valence-electron chi connectivity index (χ0n) is 14.0. The van der Waals surface area contributed by atoms with E-state index < -0.39 is 0 Å². The molecule has 0 unspecified atom stereocenters. The van der Waals surface area contributed by atoms with E-state index in [0.29, 0.717) is 29.7 Å². The van der Waals surface area contributed by atoms with Gasteiger partial charge >= 0.3 is 0 Å². The fourth-order valence-electron chi connectivity index (χ4n) is 2.65. The van der Waals surface area contributed by atoms with Crippen LogP contribution in [-0.2, 0) is 6.54 Å². The van der Waals surface area contributed by atoms with E-state index in [1.807, 2.05) is 31.2 Å². The number of rotatable bonds is 7. The Morgan fingerprint density at radius 2 is 2.04 bits per heavy atom. The van der Waals surface area contributed by atoms with Crippen molar-refractivity contribution in [2.75, 3.05) is 19.8 Å². The lowest BCUT2D eigenvalue weighted by atomic mass is 10.1. The van der Waals surface area contributed by atoms with Crippen LogP contribution in [0.4, 0.5) is 0 Å². The van der Waals surface area contributed by atoms with Crippen molar-refractivity contribution >= 4 is 16.9 Å². The Morgan fingerprint density at radius 1 is 1.20 bits per heavy atom. The maximum atomic E-state index is 12.8. The predicted octanol–water partition coefficient (Wildman–Crippen LogP) is 1.99. The van der Waals surface area contributed by atoms with Crippen molar-refractivity contribution in [2.45, 2.75) is 13.5 Å². The van der Waals surface area contributed by atoms with Crippen LogP contribution in [0.1, 0.15) is 22.8 Å². The summed E-state index contributed by atoms with van der Waals surface area (Å²) in [5.41, 5.74) is 2.79. The summed E-state index contributed by atoms with van der Waals surface area (Å²) in [4.78, 5) is 14.4. The minimum atomic E-state index is -0.166. The average Bonchev–Trinajstić information content (AvgIpc) is 3.09. The van der Waals surface area contributed by atoms with E-state index in [1.54, 1.807) is 23.1 Å². The Morgan fingerprint density at radius 3 is 2.84 bits per heavy atom. The number of aliphatic hydroxyl groups excluding tert-OH is 1. The normalized spacial score (nSPS) is 10.8. The number of amides is 1. The van der Waals surface area contributed by atoms with Gasteiger partial charge in [-0.25, -0.2) is 0 Å². The number of carbonyl (C=O) groups is 1. The molecule has 2 N–H and O–H groups in total. The Balaban J connectivity index is 1.81. The van der Waals surface area contributed by atoms with Crippen LogP contribution in [0.5, 0.6) is 5.75 Å².